The third-order valence-electron chi connectivity index (χ3n) is 5.27. The fourth-order valence-corrected chi connectivity index (χ4v) is 4.30. The number of benzene rings is 2. The van der Waals surface area contributed by atoms with Crippen LogP contribution in [0.4, 0.5) is 24.5 Å². The summed E-state index contributed by atoms with van der Waals surface area (Å²) >= 11 is 12.0. The van der Waals surface area contributed by atoms with Gasteiger partial charge >= 0.3 is 6.18 Å². The lowest BCUT2D eigenvalue weighted by Gasteiger charge is -2.33. The first-order valence-electron chi connectivity index (χ1n) is 8.72. The van der Waals surface area contributed by atoms with Crippen LogP contribution < -0.4 is 10.6 Å². The van der Waals surface area contributed by atoms with Gasteiger partial charge in [-0.15, -0.1) is 0 Å². The molecular weight excluding hydrogens is 426 g/mol. The zero-order valence-corrected chi connectivity index (χ0v) is 16.5. The van der Waals surface area contributed by atoms with Gasteiger partial charge in [-0.3, -0.25) is 0 Å². The van der Waals surface area contributed by atoms with Crippen LogP contribution >= 0.6 is 23.2 Å². The van der Waals surface area contributed by atoms with E-state index in [1.807, 2.05) is 0 Å². The molecule has 2 aromatic carbocycles. The molecule has 29 heavy (non-hydrogen) atoms. The molecule has 1 unspecified atom stereocenters. The molecule has 1 aliphatic rings. The van der Waals surface area contributed by atoms with Gasteiger partial charge in [-0.1, -0.05) is 23.2 Å². The van der Waals surface area contributed by atoms with Gasteiger partial charge in [-0.2, -0.15) is 18.3 Å². The summed E-state index contributed by atoms with van der Waals surface area (Å²) in [6.45, 7) is -0.0406. The predicted octanol–water partition coefficient (Wildman–Crippen LogP) is 4.87. The number of nitrogens with two attached hydrogens (primary N) is 1. The minimum atomic E-state index is -4.47. The Hall–Kier alpha value is -2.45. The van der Waals surface area contributed by atoms with Crippen LogP contribution in [0, 0.1) is 0 Å². The van der Waals surface area contributed by atoms with Crippen LogP contribution in [0.15, 0.2) is 49.1 Å². The van der Waals surface area contributed by atoms with E-state index in [4.69, 9.17) is 28.9 Å². The van der Waals surface area contributed by atoms with Gasteiger partial charge < -0.3 is 10.6 Å². The van der Waals surface area contributed by atoms with Crippen LogP contribution in [0.25, 0.3) is 5.69 Å². The molecule has 1 fully saturated rings. The molecule has 2 heterocycles. The van der Waals surface area contributed by atoms with E-state index in [1.165, 1.54) is 35.5 Å². The first kappa shape index (κ1) is 19.8. The minimum absolute atomic E-state index is 0.0669. The standard InChI is InChI=1S/C19H16Cl2F3N5/c20-13-5-12(6-14(21)7-13)18(19(22,23)24)3-4-28(9-18)15-1-2-17(16(25)8-15)29-11-26-10-27-29/h1-2,5-8,10-11H,3-4,9,25H2. The molecule has 0 aliphatic carbocycles. The number of hydrogen-bond donors (Lipinski definition) is 1. The third-order valence-corrected chi connectivity index (χ3v) is 5.71. The summed E-state index contributed by atoms with van der Waals surface area (Å²) in [7, 11) is 0. The number of nitrogens with zero attached hydrogens (tertiary/aromatic N) is 4. The van der Waals surface area contributed by atoms with Crippen molar-refractivity contribution in [3.8, 4) is 5.69 Å². The van der Waals surface area contributed by atoms with Crippen LogP contribution in [0.2, 0.25) is 10.0 Å². The summed E-state index contributed by atoms with van der Waals surface area (Å²) in [5.74, 6) is 0. The number of aromatic nitrogens is 3. The molecule has 1 atom stereocenters. The summed E-state index contributed by atoms with van der Waals surface area (Å²) in [6.07, 6.45) is -1.71. The van der Waals surface area contributed by atoms with Gasteiger partial charge in [0.05, 0.1) is 11.4 Å². The van der Waals surface area contributed by atoms with Crippen molar-refractivity contribution in [2.45, 2.75) is 18.0 Å². The summed E-state index contributed by atoms with van der Waals surface area (Å²) in [4.78, 5) is 5.54. The highest BCUT2D eigenvalue weighted by molar-refractivity contribution is 6.34. The van der Waals surface area contributed by atoms with E-state index in [2.05, 4.69) is 10.1 Å². The van der Waals surface area contributed by atoms with Gasteiger partial charge in [0.25, 0.3) is 0 Å². The Bertz CT molecular complexity index is 1020. The van der Waals surface area contributed by atoms with E-state index >= 15 is 0 Å². The molecule has 3 aromatic rings. The Kier molecular flexibility index (Phi) is 4.86. The first-order valence-corrected chi connectivity index (χ1v) is 9.48. The van der Waals surface area contributed by atoms with Crippen molar-refractivity contribution in [2.24, 2.45) is 0 Å². The molecule has 0 bridgehead atoms. The largest absolute Gasteiger partial charge is 0.400 e. The van der Waals surface area contributed by atoms with E-state index < -0.39 is 11.6 Å². The molecule has 0 amide bonds. The average molecular weight is 442 g/mol. The van der Waals surface area contributed by atoms with Gasteiger partial charge in [0, 0.05) is 28.8 Å². The van der Waals surface area contributed by atoms with Gasteiger partial charge in [-0.25, -0.2) is 9.67 Å². The molecule has 152 valence electrons. The summed E-state index contributed by atoms with van der Waals surface area (Å²) in [6, 6.07) is 9.19. The van der Waals surface area contributed by atoms with Crippen molar-refractivity contribution >= 4 is 34.6 Å². The van der Waals surface area contributed by atoms with Crippen molar-refractivity contribution in [3.63, 3.8) is 0 Å². The van der Waals surface area contributed by atoms with Gasteiger partial charge in [0.2, 0.25) is 0 Å². The van der Waals surface area contributed by atoms with Crippen LogP contribution in [0.5, 0.6) is 0 Å². The SMILES string of the molecule is Nc1cc(N2CCC(c3cc(Cl)cc(Cl)c3)(C(F)(F)F)C2)ccc1-n1cncn1. The van der Waals surface area contributed by atoms with Crippen LogP contribution in [0.1, 0.15) is 12.0 Å². The molecule has 5 nitrogen and oxygen atoms in total. The maximum absolute atomic E-state index is 14.2. The predicted molar refractivity (Wildman–Crippen MR) is 107 cm³/mol. The van der Waals surface area contributed by atoms with Crippen molar-refractivity contribution in [3.05, 3.63) is 64.7 Å². The average Bonchev–Trinajstić information content (AvgIpc) is 3.31. The summed E-state index contributed by atoms with van der Waals surface area (Å²) in [5.41, 5.74) is 5.71. The van der Waals surface area contributed by atoms with E-state index in [0.29, 0.717) is 17.1 Å². The van der Waals surface area contributed by atoms with Crippen molar-refractivity contribution < 1.29 is 13.2 Å². The molecule has 0 saturated carbocycles. The lowest BCUT2D eigenvalue weighted by Crippen LogP contribution is -2.44. The molecule has 0 spiro atoms. The van der Waals surface area contributed by atoms with Crippen LogP contribution in [-0.2, 0) is 5.41 Å². The maximum atomic E-state index is 14.2. The van der Waals surface area contributed by atoms with E-state index in [1.54, 1.807) is 23.1 Å². The fraction of sp³-hybridized carbons (Fsp3) is 0.263. The molecule has 0 radical (unpaired) electrons. The topological polar surface area (TPSA) is 60.0 Å². The first-order chi connectivity index (χ1) is 13.7. The number of rotatable bonds is 3. The highest BCUT2D eigenvalue weighted by atomic mass is 35.5. The zero-order valence-electron chi connectivity index (χ0n) is 15.0. The monoisotopic (exact) mass is 441 g/mol. The molecule has 2 N–H and O–H groups in total. The fourth-order valence-electron chi connectivity index (χ4n) is 3.77. The van der Waals surface area contributed by atoms with E-state index in [0.717, 1.165) is 0 Å². The number of anilines is 2. The van der Waals surface area contributed by atoms with Crippen LogP contribution in [0.3, 0.4) is 0 Å². The second kappa shape index (κ2) is 7.11. The van der Waals surface area contributed by atoms with E-state index in [9.17, 15) is 13.2 Å². The number of nitrogen functional groups attached to an aromatic ring is 1. The normalized spacial score (nSPS) is 19.7. The Balaban J connectivity index is 1.69. The number of alkyl halides is 3. The quantitative estimate of drug-likeness (QED) is 0.589. The van der Waals surface area contributed by atoms with E-state index in [-0.39, 0.29) is 35.1 Å². The molecule has 10 heteroatoms. The zero-order chi connectivity index (χ0) is 20.8. The molecular formula is C19H16Cl2F3N5. The van der Waals surface area contributed by atoms with Gasteiger partial charge in [-0.05, 0) is 48.4 Å². The van der Waals surface area contributed by atoms with Crippen molar-refractivity contribution in [2.75, 3.05) is 23.7 Å². The Morgan fingerprint density at radius 2 is 1.79 bits per heavy atom. The smallest absolute Gasteiger partial charge is 0.397 e. The Morgan fingerprint density at radius 3 is 2.38 bits per heavy atom. The van der Waals surface area contributed by atoms with Crippen LogP contribution in [-0.4, -0.2) is 34.0 Å². The summed E-state index contributed by atoms with van der Waals surface area (Å²) in [5, 5.41) is 4.38. The number of halogens is 5. The second-order valence-corrected chi connectivity index (χ2v) is 7.87. The third kappa shape index (κ3) is 3.51. The lowest BCUT2D eigenvalue weighted by molar-refractivity contribution is -0.184. The molecule has 1 saturated heterocycles. The lowest BCUT2D eigenvalue weighted by atomic mass is 9.79. The maximum Gasteiger partial charge on any atom is 0.400 e. The number of hydrogen-bond acceptors (Lipinski definition) is 4. The summed E-state index contributed by atoms with van der Waals surface area (Å²) < 4.78 is 44.2. The van der Waals surface area contributed by atoms with Gasteiger partial charge in [0.1, 0.15) is 18.1 Å². The Morgan fingerprint density at radius 1 is 1.07 bits per heavy atom. The minimum Gasteiger partial charge on any atom is -0.397 e. The van der Waals surface area contributed by atoms with Crippen molar-refractivity contribution in [1.82, 2.24) is 14.8 Å². The highest BCUT2D eigenvalue weighted by Gasteiger charge is 2.59. The molecule has 1 aliphatic heterocycles. The van der Waals surface area contributed by atoms with Crippen molar-refractivity contribution in [1.29, 1.82) is 0 Å². The molecule has 1 aromatic heterocycles. The molecule has 4 rings (SSSR count). The second-order valence-electron chi connectivity index (χ2n) is 6.99. The highest BCUT2D eigenvalue weighted by Crippen LogP contribution is 2.49. The Labute approximate surface area is 174 Å². The van der Waals surface area contributed by atoms with Gasteiger partial charge in [0.15, 0.2) is 0 Å².